The molecule has 2 saturated heterocycles. The third-order valence-corrected chi connectivity index (χ3v) is 9.12. The average molecular weight is 639 g/mol. The van der Waals surface area contributed by atoms with Crippen molar-refractivity contribution >= 4 is 28.5 Å². The summed E-state index contributed by atoms with van der Waals surface area (Å²) in [5.74, 6) is 1.07. The van der Waals surface area contributed by atoms with Crippen molar-refractivity contribution in [3.05, 3.63) is 86.5 Å². The van der Waals surface area contributed by atoms with Crippen molar-refractivity contribution in [3.63, 3.8) is 0 Å². The second-order valence-corrected chi connectivity index (χ2v) is 12.2. The molecule has 2 atom stereocenters. The number of hydrogen-bond donors (Lipinski definition) is 1. The number of nitrogens with zero attached hydrogens (tertiary/aromatic N) is 1. The zero-order valence-electron chi connectivity index (χ0n) is 23.2. The summed E-state index contributed by atoms with van der Waals surface area (Å²) in [7, 11) is 1.69. The van der Waals surface area contributed by atoms with Gasteiger partial charge < -0.3 is 14.8 Å². The SMILES string of the molecule is COCCOc1ccc(CN2C3CCC2CC(NC(=O)Cc2cccc(-c4cccc(I)c4)c2)C3)c(C)c1C. The fraction of sp³-hybridized carbons (Fsp3) is 0.424. The van der Waals surface area contributed by atoms with E-state index in [2.05, 4.69) is 107 Å². The maximum Gasteiger partial charge on any atom is 0.224 e. The second kappa shape index (κ2) is 12.8. The summed E-state index contributed by atoms with van der Waals surface area (Å²) in [6.45, 7) is 6.47. The number of piperidine rings is 1. The van der Waals surface area contributed by atoms with Gasteiger partial charge in [0.2, 0.25) is 5.91 Å². The van der Waals surface area contributed by atoms with Gasteiger partial charge in [0, 0.05) is 35.4 Å². The number of halogens is 1. The second-order valence-electron chi connectivity index (χ2n) is 11.0. The molecule has 1 amide bonds. The molecule has 2 unspecified atom stereocenters. The van der Waals surface area contributed by atoms with Gasteiger partial charge in [-0.2, -0.15) is 0 Å². The first-order valence-corrected chi connectivity index (χ1v) is 15.1. The van der Waals surface area contributed by atoms with Crippen LogP contribution in [0, 0.1) is 17.4 Å². The molecule has 0 aromatic heterocycles. The Labute approximate surface area is 246 Å². The highest BCUT2D eigenvalue weighted by atomic mass is 127. The number of amides is 1. The summed E-state index contributed by atoms with van der Waals surface area (Å²) >= 11 is 2.34. The van der Waals surface area contributed by atoms with Gasteiger partial charge in [0.05, 0.1) is 13.0 Å². The zero-order chi connectivity index (χ0) is 27.4. The van der Waals surface area contributed by atoms with Crippen molar-refractivity contribution < 1.29 is 14.3 Å². The highest BCUT2D eigenvalue weighted by Gasteiger charge is 2.41. The van der Waals surface area contributed by atoms with Crippen LogP contribution in [0.3, 0.4) is 0 Å². The first-order valence-electron chi connectivity index (χ1n) is 14.0. The lowest BCUT2D eigenvalue weighted by molar-refractivity contribution is -0.121. The molecule has 0 spiro atoms. The van der Waals surface area contributed by atoms with Crippen LogP contribution in [0.5, 0.6) is 5.75 Å². The van der Waals surface area contributed by atoms with Gasteiger partial charge in [-0.1, -0.05) is 42.5 Å². The Kier molecular flexibility index (Phi) is 9.25. The topological polar surface area (TPSA) is 50.8 Å². The number of methoxy groups -OCH3 is 1. The Hall–Kier alpha value is -2.42. The molecule has 5 nitrogen and oxygen atoms in total. The molecule has 2 aliphatic heterocycles. The monoisotopic (exact) mass is 638 g/mol. The van der Waals surface area contributed by atoms with Crippen LogP contribution in [0.4, 0.5) is 0 Å². The van der Waals surface area contributed by atoms with Crippen LogP contribution in [0.15, 0.2) is 60.7 Å². The first kappa shape index (κ1) is 28.1. The fourth-order valence-corrected chi connectivity index (χ4v) is 6.80. The molecule has 206 valence electrons. The van der Waals surface area contributed by atoms with Crippen molar-refractivity contribution in [2.45, 2.75) is 70.6 Å². The van der Waals surface area contributed by atoms with E-state index in [4.69, 9.17) is 9.47 Å². The highest BCUT2D eigenvalue weighted by Crippen LogP contribution is 2.38. The minimum absolute atomic E-state index is 0.128. The third-order valence-electron chi connectivity index (χ3n) is 8.45. The van der Waals surface area contributed by atoms with Crippen LogP contribution in [0.2, 0.25) is 0 Å². The molecule has 39 heavy (non-hydrogen) atoms. The predicted octanol–water partition coefficient (Wildman–Crippen LogP) is 6.45. The number of ether oxygens (including phenoxy) is 2. The van der Waals surface area contributed by atoms with Gasteiger partial charge in [-0.05, 0) is 114 Å². The van der Waals surface area contributed by atoms with Gasteiger partial charge in [0.25, 0.3) is 0 Å². The molecule has 2 aliphatic rings. The lowest BCUT2D eigenvalue weighted by Gasteiger charge is -2.39. The molecule has 0 radical (unpaired) electrons. The average Bonchev–Trinajstić information content (AvgIpc) is 3.15. The van der Waals surface area contributed by atoms with Gasteiger partial charge in [-0.3, -0.25) is 9.69 Å². The van der Waals surface area contributed by atoms with Crippen LogP contribution >= 0.6 is 22.6 Å². The van der Waals surface area contributed by atoms with Gasteiger partial charge in [-0.15, -0.1) is 0 Å². The molecule has 2 bridgehead atoms. The minimum Gasteiger partial charge on any atom is -0.491 e. The Morgan fingerprint density at radius 3 is 2.38 bits per heavy atom. The highest BCUT2D eigenvalue weighted by molar-refractivity contribution is 14.1. The summed E-state index contributed by atoms with van der Waals surface area (Å²) in [5, 5.41) is 3.38. The van der Waals surface area contributed by atoms with Crippen LogP contribution in [0.25, 0.3) is 11.1 Å². The molecule has 5 rings (SSSR count). The number of hydrogen-bond acceptors (Lipinski definition) is 4. The van der Waals surface area contributed by atoms with E-state index in [0.29, 0.717) is 31.7 Å². The van der Waals surface area contributed by atoms with E-state index in [1.807, 2.05) is 0 Å². The first-order chi connectivity index (χ1) is 18.9. The van der Waals surface area contributed by atoms with E-state index in [1.54, 1.807) is 7.11 Å². The molecule has 3 aromatic carbocycles. The zero-order valence-corrected chi connectivity index (χ0v) is 25.4. The van der Waals surface area contributed by atoms with Crippen molar-refractivity contribution in [1.82, 2.24) is 10.2 Å². The maximum atomic E-state index is 13.1. The summed E-state index contributed by atoms with van der Waals surface area (Å²) in [4.78, 5) is 15.7. The quantitative estimate of drug-likeness (QED) is 0.205. The Bertz CT molecular complexity index is 1300. The lowest BCUT2D eigenvalue weighted by Crippen LogP contribution is -2.50. The van der Waals surface area contributed by atoms with Crippen LogP contribution in [-0.2, 0) is 22.5 Å². The van der Waals surface area contributed by atoms with Crippen molar-refractivity contribution in [3.8, 4) is 16.9 Å². The van der Waals surface area contributed by atoms with Gasteiger partial charge >= 0.3 is 0 Å². The van der Waals surface area contributed by atoms with Gasteiger partial charge in [-0.25, -0.2) is 0 Å². The summed E-state index contributed by atoms with van der Waals surface area (Å²) in [5.41, 5.74) is 7.30. The maximum absolute atomic E-state index is 13.1. The molecule has 3 aromatic rings. The van der Waals surface area contributed by atoms with E-state index in [9.17, 15) is 4.79 Å². The Balaban J connectivity index is 1.17. The van der Waals surface area contributed by atoms with E-state index < -0.39 is 0 Å². The smallest absolute Gasteiger partial charge is 0.224 e. The van der Waals surface area contributed by atoms with Crippen molar-refractivity contribution in [2.24, 2.45) is 0 Å². The summed E-state index contributed by atoms with van der Waals surface area (Å²) in [6, 6.07) is 22.5. The molecule has 2 fully saturated rings. The standard InChI is InChI=1S/C33H39IN2O3/c1-22-23(2)32(39-15-14-38-3)13-10-27(22)21-36-30-11-12-31(36)20-29(19-30)35-33(37)17-24-6-4-7-25(16-24)26-8-5-9-28(34)18-26/h4-10,13,16,18,29-31H,11-12,14-15,17,19-21H2,1-3H3,(H,35,37). The van der Waals surface area contributed by atoms with E-state index in [0.717, 1.165) is 36.3 Å². The number of rotatable bonds is 10. The lowest BCUT2D eigenvalue weighted by atomic mass is 9.94. The normalized spacial score (nSPS) is 20.7. The Morgan fingerprint density at radius 1 is 0.949 bits per heavy atom. The van der Waals surface area contributed by atoms with Gasteiger partial charge in [0.1, 0.15) is 12.4 Å². The fourth-order valence-electron chi connectivity index (χ4n) is 6.25. The van der Waals surface area contributed by atoms with Crippen molar-refractivity contribution in [1.29, 1.82) is 0 Å². The Morgan fingerprint density at radius 2 is 1.67 bits per heavy atom. The molecule has 2 heterocycles. The van der Waals surface area contributed by atoms with E-state index >= 15 is 0 Å². The predicted molar refractivity (Wildman–Crippen MR) is 165 cm³/mol. The van der Waals surface area contributed by atoms with Crippen molar-refractivity contribution in [2.75, 3.05) is 20.3 Å². The summed E-state index contributed by atoms with van der Waals surface area (Å²) in [6.07, 6.45) is 4.91. The number of nitrogens with one attached hydrogen (secondary N) is 1. The van der Waals surface area contributed by atoms with Crippen LogP contribution in [0.1, 0.15) is 47.9 Å². The summed E-state index contributed by atoms with van der Waals surface area (Å²) < 4.78 is 12.2. The largest absolute Gasteiger partial charge is 0.491 e. The van der Waals surface area contributed by atoms with E-state index in [1.165, 1.54) is 38.7 Å². The molecular weight excluding hydrogens is 599 g/mol. The van der Waals surface area contributed by atoms with Gasteiger partial charge in [0.15, 0.2) is 0 Å². The number of carbonyl (C=O) groups excluding carboxylic acids is 1. The molecule has 0 aliphatic carbocycles. The molecule has 6 heteroatoms. The minimum atomic E-state index is 0.128. The number of carbonyl (C=O) groups is 1. The number of benzene rings is 3. The molecule has 0 saturated carbocycles. The van der Waals surface area contributed by atoms with Crippen LogP contribution in [-0.4, -0.2) is 49.3 Å². The van der Waals surface area contributed by atoms with Crippen LogP contribution < -0.4 is 10.1 Å². The third kappa shape index (κ3) is 6.84. The number of fused-ring (bicyclic) bond motifs is 2. The molecular formula is C33H39IN2O3. The van der Waals surface area contributed by atoms with E-state index in [-0.39, 0.29) is 11.9 Å². The molecule has 1 N–H and O–H groups in total.